The highest BCUT2D eigenvalue weighted by atomic mass is 16.5. The number of hydrogen-bond donors (Lipinski definition) is 0. The molecule has 1 heteroatoms. The van der Waals surface area contributed by atoms with E-state index in [0.29, 0.717) is 0 Å². The summed E-state index contributed by atoms with van der Waals surface area (Å²) in [5.74, 6) is 1.85. The zero-order valence-electron chi connectivity index (χ0n) is 13.0. The highest BCUT2D eigenvalue weighted by molar-refractivity contribution is 5.91. The zero-order chi connectivity index (χ0) is 15.0. The van der Waals surface area contributed by atoms with Crippen molar-refractivity contribution in [3.8, 4) is 11.5 Å². The van der Waals surface area contributed by atoms with E-state index in [1.54, 1.807) is 0 Å². The van der Waals surface area contributed by atoms with Crippen LogP contribution in [0.15, 0.2) is 48.5 Å². The largest absolute Gasteiger partial charge is 0.456 e. The molecule has 0 spiro atoms. The van der Waals surface area contributed by atoms with E-state index in [1.165, 1.54) is 33.0 Å². The summed E-state index contributed by atoms with van der Waals surface area (Å²) in [6.45, 7) is 8.48. The maximum atomic E-state index is 6.20. The van der Waals surface area contributed by atoms with Crippen molar-refractivity contribution in [2.45, 2.75) is 27.7 Å². The molecule has 0 atom stereocenters. The molecule has 0 fully saturated rings. The van der Waals surface area contributed by atoms with Crippen LogP contribution in [0.5, 0.6) is 11.5 Å². The minimum atomic E-state index is 0.921. The van der Waals surface area contributed by atoms with Crippen LogP contribution in [0, 0.1) is 27.7 Å². The Morgan fingerprint density at radius 1 is 0.667 bits per heavy atom. The van der Waals surface area contributed by atoms with Crippen molar-refractivity contribution in [2.75, 3.05) is 0 Å². The van der Waals surface area contributed by atoms with Gasteiger partial charge in [-0.2, -0.15) is 0 Å². The summed E-state index contributed by atoms with van der Waals surface area (Å²) < 4.78 is 6.20. The molecule has 0 amide bonds. The third kappa shape index (κ3) is 2.52. The average molecular weight is 276 g/mol. The van der Waals surface area contributed by atoms with Crippen LogP contribution in [0.25, 0.3) is 10.8 Å². The van der Waals surface area contributed by atoms with E-state index in [4.69, 9.17) is 4.74 Å². The predicted molar refractivity (Wildman–Crippen MR) is 89.4 cm³/mol. The van der Waals surface area contributed by atoms with Crippen molar-refractivity contribution in [2.24, 2.45) is 0 Å². The minimum absolute atomic E-state index is 0.921. The summed E-state index contributed by atoms with van der Waals surface area (Å²) in [6, 6.07) is 16.9. The Kier molecular flexibility index (Phi) is 3.42. The van der Waals surface area contributed by atoms with Crippen molar-refractivity contribution in [3.63, 3.8) is 0 Å². The molecule has 106 valence electrons. The number of ether oxygens (including phenoxy) is 1. The molecule has 0 aliphatic rings. The lowest BCUT2D eigenvalue weighted by Crippen LogP contribution is -1.92. The van der Waals surface area contributed by atoms with Crippen LogP contribution >= 0.6 is 0 Å². The van der Waals surface area contributed by atoms with Crippen molar-refractivity contribution in [1.29, 1.82) is 0 Å². The minimum Gasteiger partial charge on any atom is -0.456 e. The van der Waals surface area contributed by atoms with Crippen LogP contribution in [0.2, 0.25) is 0 Å². The molecule has 0 aromatic heterocycles. The molecule has 3 aromatic rings. The molecule has 0 aliphatic heterocycles. The molecule has 0 bridgehead atoms. The Balaban J connectivity index is 2.13. The van der Waals surface area contributed by atoms with Crippen molar-refractivity contribution in [3.05, 3.63) is 70.8 Å². The molecular weight excluding hydrogens is 256 g/mol. The van der Waals surface area contributed by atoms with Gasteiger partial charge >= 0.3 is 0 Å². The Morgan fingerprint density at radius 2 is 1.48 bits per heavy atom. The summed E-state index contributed by atoms with van der Waals surface area (Å²) in [5, 5.41) is 2.43. The Hall–Kier alpha value is -2.28. The molecule has 0 aliphatic carbocycles. The normalized spacial score (nSPS) is 10.9. The lowest BCUT2D eigenvalue weighted by Gasteiger charge is -2.14. The average Bonchev–Trinajstić information content (AvgIpc) is 2.47. The summed E-state index contributed by atoms with van der Waals surface area (Å²) in [4.78, 5) is 0. The second-order valence-electron chi connectivity index (χ2n) is 5.73. The van der Waals surface area contributed by atoms with Gasteiger partial charge in [0.2, 0.25) is 0 Å². The molecule has 0 heterocycles. The first-order valence-corrected chi connectivity index (χ1v) is 7.30. The van der Waals surface area contributed by atoms with Gasteiger partial charge in [-0.05, 0) is 61.9 Å². The van der Waals surface area contributed by atoms with Crippen LogP contribution in [-0.2, 0) is 0 Å². The molecule has 0 radical (unpaired) electrons. The zero-order valence-corrected chi connectivity index (χ0v) is 13.0. The summed E-state index contributed by atoms with van der Waals surface area (Å²) >= 11 is 0. The number of rotatable bonds is 2. The molecule has 0 saturated heterocycles. The first-order chi connectivity index (χ1) is 10.1. The van der Waals surface area contributed by atoms with E-state index in [9.17, 15) is 0 Å². The second kappa shape index (κ2) is 5.25. The van der Waals surface area contributed by atoms with Gasteiger partial charge in [0.25, 0.3) is 0 Å². The number of aryl methyl sites for hydroxylation is 3. The van der Waals surface area contributed by atoms with Gasteiger partial charge in [-0.3, -0.25) is 0 Å². The molecule has 3 rings (SSSR count). The van der Waals surface area contributed by atoms with Gasteiger partial charge in [0, 0.05) is 5.39 Å². The molecule has 1 nitrogen and oxygen atoms in total. The maximum Gasteiger partial charge on any atom is 0.135 e. The fourth-order valence-corrected chi connectivity index (χ4v) is 2.62. The number of benzene rings is 3. The summed E-state index contributed by atoms with van der Waals surface area (Å²) in [6.07, 6.45) is 0. The number of fused-ring (bicyclic) bond motifs is 1. The SMILES string of the molecule is Cc1ccc2c(Oc3cccc(C)c3C)ccc(C)c2c1. The van der Waals surface area contributed by atoms with Gasteiger partial charge in [0.05, 0.1) is 0 Å². The van der Waals surface area contributed by atoms with Gasteiger partial charge < -0.3 is 4.74 Å². The number of hydrogen-bond acceptors (Lipinski definition) is 1. The van der Waals surface area contributed by atoms with Gasteiger partial charge in [0.1, 0.15) is 11.5 Å². The fourth-order valence-electron chi connectivity index (χ4n) is 2.62. The second-order valence-corrected chi connectivity index (χ2v) is 5.73. The Bertz CT molecular complexity index is 815. The summed E-state index contributed by atoms with van der Waals surface area (Å²) in [5.41, 5.74) is 4.99. The third-order valence-electron chi connectivity index (χ3n) is 4.12. The molecular formula is C20H20O. The smallest absolute Gasteiger partial charge is 0.135 e. The van der Waals surface area contributed by atoms with Crippen LogP contribution in [-0.4, -0.2) is 0 Å². The lowest BCUT2D eigenvalue weighted by atomic mass is 10.0. The fraction of sp³-hybridized carbons (Fsp3) is 0.200. The Morgan fingerprint density at radius 3 is 2.29 bits per heavy atom. The molecule has 21 heavy (non-hydrogen) atoms. The lowest BCUT2D eigenvalue weighted by molar-refractivity contribution is 0.484. The topological polar surface area (TPSA) is 9.23 Å². The van der Waals surface area contributed by atoms with Crippen LogP contribution in [0.4, 0.5) is 0 Å². The van der Waals surface area contributed by atoms with Crippen LogP contribution in [0.1, 0.15) is 22.3 Å². The van der Waals surface area contributed by atoms with Gasteiger partial charge in [0.15, 0.2) is 0 Å². The van der Waals surface area contributed by atoms with E-state index >= 15 is 0 Å². The van der Waals surface area contributed by atoms with Crippen molar-refractivity contribution >= 4 is 10.8 Å². The van der Waals surface area contributed by atoms with E-state index in [2.05, 4.69) is 64.1 Å². The quantitative estimate of drug-likeness (QED) is 0.569. The molecule has 0 unspecified atom stereocenters. The summed E-state index contributed by atoms with van der Waals surface area (Å²) in [7, 11) is 0. The van der Waals surface area contributed by atoms with Crippen LogP contribution < -0.4 is 4.74 Å². The predicted octanol–water partition coefficient (Wildman–Crippen LogP) is 5.87. The Labute approximate surface area is 126 Å². The molecule has 0 N–H and O–H groups in total. The van der Waals surface area contributed by atoms with E-state index in [-0.39, 0.29) is 0 Å². The first kappa shape index (κ1) is 13.7. The van der Waals surface area contributed by atoms with Crippen molar-refractivity contribution in [1.82, 2.24) is 0 Å². The van der Waals surface area contributed by atoms with Crippen molar-refractivity contribution < 1.29 is 4.74 Å². The first-order valence-electron chi connectivity index (χ1n) is 7.30. The maximum absolute atomic E-state index is 6.20. The molecule has 3 aromatic carbocycles. The van der Waals surface area contributed by atoms with E-state index < -0.39 is 0 Å². The van der Waals surface area contributed by atoms with E-state index in [0.717, 1.165) is 11.5 Å². The van der Waals surface area contributed by atoms with Gasteiger partial charge in [-0.15, -0.1) is 0 Å². The van der Waals surface area contributed by atoms with Gasteiger partial charge in [-0.1, -0.05) is 42.0 Å². The monoisotopic (exact) mass is 276 g/mol. The van der Waals surface area contributed by atoms with E-state index in [1.807, 2.05) is 12.1 Å². The van der Waals surface area contributed by atoms with Crippen LogP contribution in [0.3, 0.4) is 0 Å². The highest BCUT2D eigenvalue weighted by Gasteiger charge is 2.08. The standard InChI is InChI=1S/C20H20O/c1-13-8-10-17-18(12-13)15(3)9-11-20(17)21-19-7-5-6-14(2)16(19)4/h5-12H,1-4H3. The van der Waals surface area contributed by atoms with Gasteiger partial charge in [-0.25, -0.2) is 0 Å². The third-order valence-corrected chi connectivity index (χ3v) is 4.12. The highest BCUT2D eigenvalue weighted by Crippen LogP contribution is 2.34. The molecule has 0 saturated carbocycles.